The van der Waals surface area contributed by atoms with Crippen LogP contribution in [-0.4, -0.2) is 87.4 Å². The molecule has 4 aromatic rings. The Morgan fingerprint density at radius 2 is 1.98 bits per heavy atom. The number of anilines is 1. The first-order valence-electron chi connectivity index (χ1n) is 14.6. The van der Waals surface area contributed by atoms with E-state index in [1.54, 1.807) is 11.1 Å². The van der Waals surface area contributed by atoms with E-state index in [2.05, 4.69) is 34.7 Å². The summed E-state index contributed by atoms with van der Waals surface area (Å²) in [6.07, 6.45) is 5.17. The molecule has 0 radical (unpaired) electrons. The van der Waals surface area contributed by atoms with Crippen LogP contribution < -0.4 is 15.2 Å². The van der Waals surface area contributed by atoms with Crippen LogP contribution in [0, 0.1) is 18.3 Å². The summed E-state index contributed by atoms with van der Waals surface area (Å²) in [6, 6.07) is 14.0. The first kappa shape index (κ1) is 28.3. The second kappa shape index (κ2) is 11.8. The van der Waals surface area contributed by atoms with Crippen LogP contribution in [0.5, 0.6) is 6.01 Å². The van der Waals surface area contributed by atoms with Gasteiger partial charge in [-0.25, -0.2) is 0 Å². The van der Waals surface area contributed by atoms with Crippen molar-refractivity contribution in [2.75, 3.05) is 44.7 Å². The largest absolute Gasteiger partial charge is 0.462 e. The molecule has 11 heteroatoms. The van der Waals surface area contributed by atoms with Crippen LogP contribution in [0.2, 0.25) is 0 Å². The van der Waals surface area contributed by atoms with Gasteiger partial charge < -0.3 is 19.4 Å². The lowest BCUT2D eigenvalue weighted by Gasteiger charge is -2.41. The van der Waals surface area contributed by atoms with Gasteiger partial charge in [-0.3, -0.25) is 9.59 Å². The number of likely N-dealkylation sites (tertiary alicyclic amines) is 1. The molecule has 2 aliphatic rings. The number of hydrogen-bond acceptors (Lipinski definition) is 9. The molecule has 0 saturated carbocycles. The first-order valence-corrected chi connectivity index (χ1v) is 14.6. The minimum absolute atomic E-state index is 0.119. The van der Waals surface area contributed by atoms with Gasteiger partial charge in [-0.1, -0.05) is 36.9 Å². The highest BCUT2D eigenvalue weighted by molar-refractivity contribution is 5.94. The fourth-order valence-corrected chi connectivity index (χ4v) is 6.24. The number of carbonyl (C=O) groups excluding carboxylic acids is 1. The third-order valence-electron chi connectivity index (χ3n) is 8.56. The zero-order chi connectivity index (χ0) is 30.1. The van der Waals surface area contributed by atoms with Gasteiger partial charge in [0, 0.05) is 31.1 Å². The number of amides is 1. The third-order valence-corrected chi connectivity index (χ3v) is 8.56. The summed E-state index contributed by atoms with van der Waals surface area (Å²) in [5.74, 6) is 0.284. The Morgan fingerprint density at radius 3 is 2.72 bits per heavy atom. The Morgan fingerprint density at radius 1 is 1.16 bits per heavy atom. The SMILES string of the molecule is C=CC(=O)N1CCN(c2nc(OC[C@@H]3CCCN3C)nc3c(=O)n(-c4cccc5cccc(C)c45)ncc23)C[C@@H]1CC#N. The minimum Gasteiger partial charge on any atom is -0.462 e. The molecule has 2 fully saturated rings. The second-order valence-corrected chi connectivity index (χ2v) is 11.2. The molecule has 11 nitrogen and oxygen atoms in total. The van der Waals surface area contributed by atoms with Gasteiger partial charge in [-0.05, 0) is 56.4 Å². The Hall–Kier alpha value is -4.82. The average molecular weight is 579 g/mol. The zero-order valence-corrected chi connectivity index (χ0v) is 24.4. The molecule has 1 amide bonds. The molecular weight excluding hydrogens is 544 g/mol. The minimum atomic E-state index is -0.381. The van der Waals surface area contributed by atoms with Gasteiger partial charge >= 0.3 is 6.01 Å². The van der Waals surface area contributed by atoms with E-state index in [0.717, 1.165) is 35.7 Å². The number of hydrogen-bond donors (Lipinski definition) is 0. The fraction of sp³-hybridized carbons (Fsp3) is 0.375. The number of fused-ring (bicyclic) bond motifs is 2. The van der Waals surface area contributed by atoms with Crippen molar-refractivity contribution in [2.24, 2.45) is 0 Å². The molecule has 0 aliphatic carbocycles. The van der Waals surface area contributed by atoms with Crippen LogP contribution in [0.1, 0.15) is 24.8 Å². The molecule has 2 aromatic carbocycles. The topological polar surface area (TPSA) is 120 Å². The average Bonchev–Trinajstić information content (AvgIpc) is 3.44. The molecule has 2 aromatic heterocycles. The van der Waals surface area contributed by atoms with Gasteiger partial charge in [-0.2, -0.15) is 25.0 Å². The van der Waals surface area contributed by atoms with Crippen LogP contribution >= 0.6 is 0 Å². The van der Waals surface area contributed by atoms with Gasteiger partial charge in [0.15, 0.2) is 0 Å². The highest BCUT2D eigenvalue weighted by atomic mass is 16.5. The molecule has 2 saturated heterocycles. The van der Waals surface area contributed by atoms with Gasteiger partial charge in [0.2, 0.25) is 5.91 Å². The first-order chi connectivity index (χ1) is 20.9. The van der Waals surface area contributed by atoms with Crippen molar-refractivity contribution >= 4 is 33.4 Å². The number of nitriles is 1. The summed E-state index contributed by atoms with van der Waals surface area (Å²) in [4.78, 5) is 42.0. The highest BCUT2D eigenvalue weighted by Crippen LogP contribution is 2.29. The maximum absolute atomic E-state index is 14.2. The molecule has 4 heterocycles. The third kappa shape index (κ3) is 5.30. The predicted octanol–water partition coefficient (Wildman–Crippen LogP) is 3.23. The van der Waals surface area contributed by atoms with Crippen LogP contribution in [0.4, 0.5) is 5.82 Å². The van der Waals surface area contributed by atoms with Crippen LogP contribution in [0.3, 0.4) is 0 Å². The maximum Gasteiger partial charge on any atom is 0.319 e. The van der Waals surface area contributed by atoms with E-state index in [9.17, 15) is 14.9 Å². The molecule has 2 aliphatic heterocycles. The lowest BCUT2D eigenvalue weighted by Crippen LogP contribution is -2.55. The van der Waals surface area contributed by atoms with E-state index < -0.39 is 0 Å². The number of aromatic nitrogens is 4. The van der Waals surface area contributed by atoms with Gasteiger partial charge in [0.05, 0.1) is 35.8 Å². The maximum atomic E-state index is 14.2. The Labute approximate surface area is 249 Å². The van der Waals surface area contributed by atoms with E-state index in [0.29, 0.717) is 43.1 Å². The van der Waals surface area contributed by atoms with E-state index in [1.165, 1.54) is 10.8 Å². The molecule has 0 spiro atoms. The number of rotatable bonds is 7. The summed E-state index contributed by atoms with van der Waals surface area (Å²) in [5.41, 5.74) is 1.52. The second-order valence-electron chi connectivity index (χ2n) is 11.2. The number of nitrogens with zero attached hydrogens (tertiary/aromatic N) is 8. The highest BCUT2D eigenvalue weighted by Gasteiger charge is 2.32. The van der Waals surface area contributed by atoms with Gasteiger partial charge in [0.25, 0.3) is 5.56 Å². The van der Waals surface area contributed by atoms with Crippen molar-refractivity contribution in [1.29, 1.82) is 5.26 Å². The molecule has 0 unspecified atom stereocenters. The number of carbonyl (C=O) groups is 1. The Balaban J connectivity index is 1.46. The fourth-order valence-electron chi connectivity index (χ4n) is 6.24. The number of piperazine rings is 1. The van der Waals surface area contributed by atoms with Crippen molar-refractivity contribution in [2.45, 2.75) is 38.3 Å². The van der Waals surface area contributed by atoms with E-state index in [1.807, 2.05) is 48.2 Å². The molecule has 0 N–H and O–H groups in total. The monoisotopic (exact) mass is 578 g/mol. The molecule has 43 heavy (non-hydrogen) atoms. The molecule has 0 bridgehead atoms. The molecule has 220 valence electrons. The molecule has 6 rings (SSSR count). The summed E-state index contributed by atoms with van der Waals surface area (Å²) in [6.45, 7) is 8.22. The predicted molar refractivity (Wildman–Crippen MR) is 164 cm³/mol. The molecule has 2 atom stereocenters. The van der Waals surface area contributed by atoms with E-state index in [4.69, 9.17) is 9.72 Å². The Kier molecular flexibility index (Phi) is 7.78. The van der Waals surface area contributed by atoms with E-state index in [-0.39, 0.29) is 41.5 Å². The standard InChI is InChI=1S/C32H34N8O3/c1-4-27(41)39-17-16-38(19-23(39)13-14-33)30-25-18-34-40(26-12-6-10-22-9-5-8-21(2)28(22)26)31(42)29(25)35-32(36-30)43-20-24-11-7-15-37(24)3/h4-6,8-10,12,18,23-24H,1,7,11,13,15-17,19-20H2,2-3H3/t23-,24-/m0/s1. The van der Waals surface area contributed by atoms with Crippen molar-refractivity contribution < 1.29 is 9.53 Å². The molecular formula is C32H34N8O3. The van der Waals surface area contributed by atoms with Gasteiger partial charge in [-0.15, -0.1) is 0 Å². The van der Waals surface area contributed by atoms with Crippen molar-refractivity contribution in [3.63, 3.8) is 0 Å². The summed E-state index contributed by atoms with van der Waals surface area (Å²) >= 11 is 0. The van der Waals surface area contributed by atoms with E-state index >= 15 is 0 Å². The zero-order valence-electron chi connectivity index (χ0n) is 24.4. The normalized spacial score (nSPS) is 19.1. The van der Waals surface area contributed by atoms with Crippen molar-refractivity contribution in [3.05, 3.63) is 71.2 Å². The van der Waals surface area contributed by atoms with Crippen molar-refractivity contribution in [1.82, 2.24) is 29.5 Å². The van der Waals surface area contributed by atoms with Gasteiger partial charge in [0.1, 0.15) is 17.9 Å². The number of likely N-dealkylation sites (N-methyl/N-ethyl adjacent to an activating group) is 1. The quantitative estimate of drug-likeness (QED) is 0.304. The van der Waals surface area contributed by atoms with Crippen molar-refractivity contribution in [3.8, 4) is 17.8 Å². The summed E-state index contributed by atoms with van der Waals surface area (Å²) in [7, 11) is 2.07. The number of ether oxygens (including phenoxy) is 1. The number of benzene rings is 2. The lowest BCUT2D eigenvalue weighted by molar-refractivity contribution is -0.128. The summed E-state index contributed by atoms with van der Waals surface area (Å²) in [5, 5.41) is 16.5. The summed E-state index contributed by atoms with van der Waals surface area (Å²) < 4.78 is 7.54. The smallest absolute Gasteiger partial charge is 0.319 e. The van der Waals surface area contributed by atoms with Crippen LogP contribution in [0.15, 0.2) is 60.0 Å². The van der Waals surface area contributed by atoms with Crippen LogP contribution in [-0.2, 0) is 4.79 Å². The number of aryl methyl sites for hydroxylation is 1. The Bertz CT molecular complexity index is 1810. The lowest BCUT2D eigenvalue weighted by atomic mass is 10.0. The van der Waals surface area contributed by atoms with Crippen LogP contribution in [0.25, 0.3) is 27.4 Å².